The number of benzene rings is 2. The number of methoxy groups -OCH3 is 1. The Morgan fingerprint density at radius 2 is 1.57 bits per heavy atom. The number of hydrogen-bond acceptors (Lipinski definition) is 3. The number of nitrogens with zero attached hydrogens (tertiary/aromatic N) is 2. The maximum atomic E-state index is 13.0. The van der Waals surface area contributed by atoms with E-state index in [-0.39, 0.29) is 11.8 Å². The Morgan fingerprint density at radius 1 is 0.964 bits per heavy atom. The van der Waals surface area contributed by atoms with Gasteiger partial charge in [-0.2, -0.15) is 0 Å². The van der Waals surface area contributed by atoms with Gasteiger partial charge in [0.2, 0.25) is 0 Å². The quantitative estimate of drug-likeness (QED) is 0.797. The van der Waals surface area contributed by atoms with Crippen molar-refractivity contribution in [3.8, 4) is 5.75 Å². The van der Waals surface area contributed by atoms with Gasteiger partial charge in [-0.15, -0.1) is 0 Å². The molecule has 0 saturated carbocycles. The number of ether oxygens (including phenoxy) is 1. The average Bonchev–Trinajstić information content (AvgIpc) is 2.74. The van der Waals surface area contributed by atoms with Gasteiger partial charge in [0.1, 0.15) is 11.6 Å². The third-order valence-corrected chi connectivity index (χ3v) is 5.14. The topological polar surface area (TPSA) is 44.8 Å². The predicted octanol–water partition coefficient (Wildman–Crippen LogP) is 2.95. The lowest BCUT2D eigenvalue weighted by Gasteiger charge is -2.34. The Bertz CT molecular complexity index is 741. The molecular formula is C22H28FN3O2. The number of hydrogen-bond donors (Lipinski definition) is 1. The van der Waals surface area contributed by atoms with E-state index in [1.54, 1.807) is 7.11 Å². The lowest BCUT2D eigenvalue weighted by atomic mass is 10.1. The van der Waals surface area contributed by atoms with Gasteiger partial charge in [-0.05, 0) is 48.2 Å². The van der Waals surface area contributed by atoms with Gasteiger partial charge < -0.3 is 15.0 Å². The summed E-state index contributed by atoms with van der Waals surface area (Å²) in [5.74, 6) is 0.639. The zero-order valence-corrected chi connectivity index (χ0v) is 16.4. The van der Waals surface area contributed by atoms with E-state index in [4.69, 9.17) is 4.74 Å². The first-order chi connectivity index (χ1) is 13.6. The van der Waals surface area contributed by atoms with E-state index >= 15 is 0 Å². The van der Waals surface area contributed by atoms with Gasteiger partial charge in [-0.1, -0.05) is 24.3 Å². The fraction of sp³-hybridized carbons (Fsp3) is 0.409. The highest BCUT2D eigenvalue weighted by molar-refractivity contribution is 5.74. The summed E-state index contributed by atoms with van der Waals surface area (Å²) >= 11 is 0. The number of carbonyl (C=O) groups is 1. The smallest absolute Gasteiger partial charge is 0.317 e. The number of urea groups is 1. The number of amides is 2. The van der Waals surface area contributed by atoms with Crippen molar-refractivity contribution >= 4 is 6.03 Å². The molecule has 0 atom stereocenters. The van der Waals surface area contributed by atoms with E-state index in [1.165, 1.54) is 17.7 Å². The summed E-state index contributed by atoms with van der Waals surface area (Å²) in [6.45, 7) is 4.75. The molecule has 6 heteroatoms. The van der Waals surface area contributed by atoms with Gasteiger partial charge in [-0.25, -0.2) is 9.18 Å². The summed E-state index contributed by atoms with van der Waals surface area (Å²) < 4.78 is 18.1. The number of carbonyl (C=O) groups excluding carboxylic acids is 1. The molecule has 1 aliphatic rings. The zero-order chi connectivity index (χ0) is 19.8. The van der Waals surface area contributed by atoms with E-state index in [1.807, 2.05) is 41.3 Å². The van der Waals surface area contributed by atoms with Crippen LogP contribution in [0.4, 0.5) is 9.18 Å². The maximum absolute atomic E-state index is 13.0. The fourth-order valence-electron chi connectivity index (χ4n) is 3.33. The van der Waals surface area contributed by atoms with Crippen molar-refractivity contribution in [1.29, 1.82) is 0 Å². The first-order valence-electron chi connectivity index (χ1n) is 9.76. The number of piperazine rings is 1. The summed E-state index contributed by atoms with van der Waals surface area (Å²) in [4.78, 5) is 16.6. The van der Waals surface area contributed by atoms with Crippen LogP contribution in [0.15, 0.2) is 48.5 Å². The Labute approximate surface area is 166 Å². The zero-order valence-electron chi connectivity index (χ0n) is 16.4. The van der Waals surface area contributed by atoms with Crippen LogP contribution in [0.2, 0.25) is 0 Å². The Balaban J connectivity index is 1.33. The van der Waals surface area contributed by atoms with E-state index in [9.17, 15) is 9.18 Å². The molecule has 150 valence electrons. The van der Waals surface area contributed by atoms with E-state index in [0.717, 1.165) is 56.9 Å². The van der Waals surface area contributed by atoms with Crippen LogP contribution < -0.4 is 10.1 Å². The standard InChI is InChI=1S/C22H28FN3O2/c1-28-21-8-4-18(5-9-21)10-12-24-22(27)26-16-14-25(15-17-26)13-11-19-2-6-20(23)7-3-19/h2-9H,10-17H2,1H3,(H,24,27). The van der Waals surface area contributed by atoms with Crippen LogP contribution in [0.1, 0.15) is 11.1 Å². The number of nitrogens with one attached hydrogen (secondary N) is 1. The molecular weight excluding hydrogens is 357 g/mol. The number of halogens is 1. The Kier molecular flexibility index (Phi) is 7.25. The van der Waals surface area contributed by atoms with Crippen LogP contribution in [-0.2, 0) is 12.8 Å². The molecule has 1 heterocycles. The minimum atomic E-state index is -0.199. The van der Waals surface area contributed by atoms with E-state index in [2.05, 4.69) is 10.2 Å². The second kappa shape index (κ2) is 10.1. The predicted molar refractivity (Wildman–Crippen MR) is 108 cm³/mol. The van der Waals surface area contributed by atoms with Gasteiger partial charge in [0.15, 0.2) is 0 Å². The Hall–Kier alpha value is -2.60. The molecule has 1 fully saturated rings. The van der Waals surface area contributed by atoms with Crippen molar-refractivity contribution in [2.24, 2.45) is 0 Å². The molecule has 0 bridgehead atoms. The summed E-state index contributed by atoms with van der Waals surface area (Å²) in [7, 11) is 1.65. The molecule has 2 aromatic rings. The summed E-state index contributed by atoms with van der Waals surface area (Å²) in [6, 6.07) is 14.6. The number of rotatable bonds is 7. The molecule has 0 spiro atoms. The fourth-order valence-corrected chi connectivity index (χ4v) is 3.33. The third kappa shape index (κ3) is 5.96. The van der Waals surface area contributed by atoms with Crippen LogP contribution in [0.25, 0.3) is 0 Å². The molecule has 1 saturated heterocycles. The maximum Gasteiger partial charge on any atom is 0.317 e. The molecule has 1 aliphatic heterocycles. The Morgan fingerprint density at radius 3 is 2.21 bits per heavy atom. The van der Waals surface area contributed by atoms with Crippen molar-refractivity contribution in [2.75, 3.05) is 46.4 Å². The summed E-state index contributed by atoms with van der Waals surface area (Å²) in [5, 5.41) is 3.01. The van der Waals surface area contributed by atoms with E-state index in [0.29, 0.717) is 6.54 Å². The lowest BCUT2D eigenvalue weighted by Crippen LogP contribution is -2.52. The lowest BCUT2D eigenvalue weighted by molar-refractivity contribution is 0.140. The minimum absolute atomic E-state index is 0.00620. The van der Waals surface area contributed by atoms with Crippen LogP contribution in [0.5, 0.6) is 5.75 Å². The molecule has 0 unspecified atom stereocenters. The third-order valence-electron chi connectivity index (χ3n) is 5.14. The van der Waals surface area contributed by atoms with Crippen molar-refractivity contribution < 1.29 is 13.9 Å². The molecule has 5 nitrogen and oxygen atoms in total. The highest BCUT2D eigenvalue weighted by Gasteiger charge is 2.20. The van der Waals surface area contributed by atoms with Crippen LogP contribution in [-0.4, -0.2) is 62.2 Å². The van der Waals surface area contributed by atoms with Crippen LogP contribution in [0.3, 0.4) is 0 Å². The monoisotopic (exact) mass is 385 g/mol. The molecule has 3 rings (SSSR count). The van der Waals surface area contributed by atoms with Gasteiger partial charge in [0.05, 0.1) is 7.11 Å². The average molecular weight is 385 g/mol. The van der Waals surface area contributed by atoms with Crippen LogP contribution >= 0.6 is 0 Å². The molecule has 2 amide bonds. The van der Waals surface area contributed by atoms with Crippen LogP contribution in [0, 0.1) is 5.82 Å². The van der Waals surface area contributed by atoms with Gasteiger partial charge in [-0.3, -0.25) is 4.90 Å². The largest absolute Gasteiger partial charge is 0.497 e. The van der Waals surface area contributed by atoms with Gasteiger partial charge in [0.25, 0.3) is 0 Å². The van der Waals surface area contributed by atoms with E-state index < -0.39 is 0 Å². The second-order valence-electron chi connectivity index (χ2n) is 7.04. The van der Waals surface area contributed by atoms with Crippen molar-refractivity contribution in [2.45, 2.75) is 12.8 Å². The highest BCUT2D eigenvalue weighted by Crippen LogP contribution is 2.11. The summed E-state index contributed by atoms with van der Waals surface area (Å²) in [5.41, 5.74) is 2.31. The van der Waals surface area contributed by atoms with Crippen molar-refractivity contribution in [3.63, 3.8) is 0 Å². The first kappa shape index (κ1) is 20.1. The van der Waals surface area contributed by atoms with Gasteiger partial charge in [0, 0.05) is 39.3 Å². The molecule has 0 radical (unpaired) electrons. The van der Waals surface area contributed by atoms with Gasteiger partial charge >= 0.3 is 6.03 Å². The molecule has 0 aliphatic carbocycles. The summed E-state index contributed by atoms with van der Waals surface area (Å²) in [6.07, 6.45) is 1.70. The molecule has 28 heavy (non-hydrogen) atoms. The highest BCUT2D eigenvalue weighted by atomic mass is 19.1. The van der Waals surface area contributed by atoms with Crippen molar-refractivity contribution in [3.05, 3.63) is 65.5 Å². The van der Waals surface area contributed by atoms with Crippen molar-refractivity contribution in [1.82, 2.24) is 15.1 Å². The normalized spacial score (nSPS) is 14.7. The minimum Gasteiger partial charge on any atom is -0.497 e. The first-order valence-corrected chi connectivity index (χ1v) is 9.76. The molecule has 1 N–H and O–H groups in total. The molecule has 0 aromatic heterocycles. The SMILES string of the molecule is COc1ccc(CCNC(=O)N2CCN(CCc3ccc(F)cc3)CC2)cc1. The molecule has 2 aromatic carbocycles. The second-order valence-corrected chi connectivity index (χ2v) is 7.04.